The number of hydrogen-bond donors (Lipinski definition) is 0. The summed E-state index contributed by atoms with van der Waals surface area (Å²) in [6, 6.07) is 10.6. The van der Waals surface area contributed by atoms with Crippen LogP contribution in [0.25, 0.3) is 0 Å². The third kappa shape index (κ3) is 5.94. The van der Waals surface area contributed by atoms with Gasteiger partial charge in [-0.25, -0.2) is 13.4 Å². The van der Waals surface area contributed by atoms with Crippen LogP contribution in [0.4, 0.5) is 0 Å². The maximum Gasteiger partial charge on any atom is 0.244 e. The number of carbonyl (C=O) groups is 1. The average molecular weight is 454 g/mol. The molecule has 1 aromatic carbocycles. The Morgan fingerprint density at radius 3 is 2.62 bits per heavy atom. The zero-order valence-electron chi connectivity index (χ0n) is 16.3. The van der Waals surface area contributed by atoms with Crippen LogP contribution < -0.4 is 0 Å². The van der Waals surface area contributed by atoms with E-state index in [2.05, 4.69) is 4.98 Å². The van der Waals surface area contributed by atoms with Gasteiger partial charge in [0.05, 0.1) is 10.8 Å². The Balaban J connectivity index is 1.55. The van der Waals surface area contributed by atoms with Crippen LogP contribution in [0.5, 0.6) is 0 Å². The van der Waals surface area contributed by atoms with E-state index < -0.39 is 10.0 Å². The summed E-state index contributed by atoms with van der Waals surface area (Å²) >= 11 is 7.27. The van der Waals surface area contributed by atoms with Crippen LogP contribution in [0, 0.1) is 0 Å². The fraction of sp³-hybridized carbons (Fsp3) is 0.400. The Kier molecular flexibility index (Phi) is 7.56. The molecule has 3 rings (SSSR count). The van der Waals surface area contributed by atoms with Gasteiger partial charge in [-0.2, -0.15) is 4.31 Å². The van der Waals surface area contributed by atoms with Gasteiger partial charge >= 0.3 is 0 Å². The van der Waals surface area contributed by atoms with Gasteiger partial charge in [-0.05, 0) is 42.7 Å². The summed E-state index contributed by atoms with van der Waals surface area (Å²) in [4.78, 5) is 18.5. The molecule has 9 heteroatoms. The Morgan fingerprint density at radius 2 is 1.97 bits per heavy atom. The molecule has 2 aromatic rings. The molecule has 156 valence electrons. The Labute approximate surface area is 181 Å². The molecule has 1 fully saturated rings. The van der Waals surface area contributed by atoms with Crippen molar-refractivity contribution in [3.63, 3.8) is 0 Å². The molecular formula is C20H24ClN3O3S2. The van der Waals surface area contributed by atoms with Gasteiger partial charge in [0.1, 0.15) is 4.90 Å². The van der Waals surface area contributed by atoms with Crippen LogP contribution in [0.3, 0.4) is 0 Å². The number of sulfonamides is 1. The van der Waals surface area contributed by atoms with Crippen molar-refractivity contribution in [3.05, 3.63) is 53.2 Å². The number of hydrogen-bond acceptors (Lipinski definition) is 5. The quantitative estimate of drug-likeness (QED) is 0.598. The maximum atomic E-state index is 12.7. The summed E-state index contributed by atoms with van der Waals surface area (Å²) in [5.41, 5.74) is 0.962. The van der Waals surface area contributed by atoms with E-state index in [1.165, 1.54) is 22.3 Å². The average Bonchev–Trinajstić information content (AvgIpc) is 2.73. The predicted molar refractivity (Wildman–Crippen MR) is 115 cm³/mol. The Morgan fingerprint density at radius 1 is 1.21 bits per heavy atom. The number of pyridine rings is 1. The van der Waals surface area contributed by atoms with Gasteiger partial charge in [-0.3, -0.25) is 4.79 Å². The van der Waals surface area contributed by atoms with Crippen molar-refractivity contribution >= 4 is 39.3 Å². The monoisotopic (exact) mass is 453 g/mol. The molecule has 0 saturated carbocycles. The minimum absolute atomic E-state index is 0.0400. The first-order valence-corrected chi connectivity index (χ1v) is 12.2. The summed E-state index contributed by atoms with van der Waals surface area (Å²) < 4.78 is 26.8. The third-order valence-corrected chi connectivity index (χ3v) is 7.79. The van der Waals surface area contributed by atoms with Crippen molar-refractivity contribution in [2.24, 2.45) is 0 Å². The van der Waals surface area contributed by atoms with Gasteiger partial charge in [-0.15, -0.1) is 0 Å². The summed E-state index contributed by atoms with van der Waals surface area (Å²) in [7, 11) is -1.74. The molecule has 0 aliphatic carbocycles. The SMILES string of the molecule is CN(Cc1cccc(Cl)c1)C(=O)CSc1ccc(S(=O)(=O)N2CCCCC2)cn1. The van der Waals surface area contributed by atoms with Crippen molar-refractivity contribution in [1.29, 1.82) is 0 Å². The molecular weight excluding hydrogens is 430 g/mol. The van der Waals surface area contributed by atoms with E-state index in [1.54, 1.807) is 30.1 Å². The van der Waals surface area contributed by atoms with Crippen LogP contribution in [-0.4, -0.2) is 54.4 Å². The molecule has 1 saturated heterocycles. The second-order valence-electron chi connectivity index (χ2n) is 6.97. The fourth-order valence-electron chi connectivity index (χ4n) is 3.10. The molecule has 0 bridgehead atoms. The predicted octanol–water partition coefficient (Wildman–Crippen LogP) is 3.66. The standard InChI is InChI=1S/C20H24ClN3O3S2/c1-23(14-16-6-5-7-17(21)12-16)20(25)15-28-19-9-8-18(13-22-19)29(26,27)24-10-3-2-4-11-24/h5-9,12-13H,2-4,10-11,14-15H2,1H3. The number of nitrogens with zero attached hydrogens (tertiary/aromatic N) is 3. The zero-order chi connectivity index (χ0) is 20.9. The second kappa shape index (κ2) is 9.93. The van der Waals surface area contributed by atoms with Gasteiger partial charge in [0.15, 0.2) is 0 Å². The largest absolute Gasteiger partial charge is 0.341 e. The highest BCUT2D eigenvalue weighted by molar-refractivity contribution is 7.99. The lowest BCUT2D eigenvalue weighted by Crippen LogP contribution is -2.35. The number of halogens is 1. The molecule has 29 heavy (non-hydrogen) atoms. The lowest BCUT2D eigenvalue weighted by atomic mass is 10.2. The molecule has 2 heterocycles. The lowest BCUT2D eigenvalue weighted by molar-refractivity contribution is -0.127. The van der Waals surface area contributed by atoms with E-state index in [9.17, 15) is 13.2 Å². The van der Waals surface area contributed by atoms with Gasteiger partial charge in [0.2, 0.25) is 15.9 Å². The smallest absolute Gasteiger partial charge is 0.244 e. The molecule has 1 aromatic heterocycles. The van der Waals surface area contributed by atoms with Crippen LogP contribution in [0.2, 0.25) is 5.02 Å². The van der Waals surface area contributed by atoms with Gasteiger partial charge in [0, 0.05) is 37.9 Å². The topological polar surface area (TPSA) is 70.6 Å². The number of piperidine rings is 1. The van der Waals surface area contributed by atoms with E-state index in [-0.39, 0.29) is 16.6 Å². The number of thioether (sulfide) groups is 1. The molecule has 0 N–H and O–H groups in total. The Bertz CT molecular complexity index is 946. The molecule has 1 amide bonds. The molecule has 0 radical (unpaired) electrons. The third-order valence-electron chi connectivity index (χ3n) is 4.74. The maximum absolute atomic E-state index is 12.7. The van der Waals surface area contributed by atoms with Crippen LogP contribution >= 0.6 is 23.4 Å². The molecule has 0 unspecified atom stereocenters. The van der Waals surface area contributed by atoms with E-state index >= 15 is 0 Å². The van der Waals surface area contributed by atoms with E-state index in [0.29, 0.717) is 29.7 Å². The highest BCUT2D eigenvalue weighted by Crippen LogP contribution is 2.22. The van der Waals surface area contributed by atoms with E-state index in [4.69, 9.17) is 11.6 Å². The van der Waals surface area contributed by atoms with Crippen molar-refractivity contribution in [1.82, 2.24) is 14.2 Å². The highest BCUT2D eigenvalue weighted by Gasteiger charge is 2.26. The zero-order valence-corrected chi connectivity index (χ0v) is 18.6. The lowest BCUT2D eigenvalue weighted by Gasteiger charge is -2.25. The number of carbonyl (C=O) groups excluding carboxylic acids is 1. The number of amides is 1. The summed E-state index contributed by atoms with van der Waals surface area (Å²) in [5, 5.41) is 1.26. The molecule has 0 atom stereocenters. The summed E-state index contributed by atoms with van der Waals surface area (Å²) in [6.45, 7) is 1.60. The van der Waals surface area contributed by atoms with Crippen molar-refractivity contribution in [3.8, 4) is 0 Å². The van der Waals surface area contributed by atoms with Crippen LogP contribution in [0.15, 0.2) is 52.5 Å². The van der Waals surface area contributed by atoms with Crippen molar-refractivity contribution in [2.75, 3.05) is 25.9 Å². The van der Waals surface area contributed by atoms with E-state index in [0.717, 1.165) is 24.8 Å². The number of rotatable bonds is 7. The van der Waals surface area contributed by atoms with Crippen molar-refractivity contribution in [2.45, 2.75) is 35.7 Å². The summed E-state index contributed by atoms with van der Waals surface area (Å²) in [5.74, 6) is 0.184. The van der Waals surface area contributed by atoms with Gasteiger partial charge in [-0.1, -0.05) is 41.9 Å². The van der Waals surface area contributed by atoms with Crippen LogP contribution in [-0.2, 0) is 21.4 Å². The highest BCUT2D eigenvalue weighted by atomic mass is 35.5. The fourth-order valence-corrected chi connectivity index (χ4v) is 5.56. The molecule has 1 aliphatic rings. The molecule has 1 aliphatic heterocycles. The molecule has 6 nitrogen and oxygen atoms in total. The first kappa shape index (κ1) is 22.1. The minimum Gasteiger partial charge on any atom is -0.341 e. The van der Waals surface area contributed by atoms with Crippen LogP contribution in [0.1, 0.15) is 24.8 Å². The first-order valence-electron chi connectivity index (χ1n) is 9.44. The normalized spacial score (nSPS) is 15.2. The van der Waals surface area contributed by atoms with E-state index in [1.807, 2.05) is 18.2 Å². The first-order chi connectivity index (χ1) is 13.9. The van der Waals surface area contributed by atoms with Gasteiger partial charge < -0.3 is 4.90 Å². The number of benzene rings is 1. The summed E-state index contributed by atoms with van der Waals surface area (Å²) in [6.07, 6.45) is 4.24. The van der Waals surface area contributed by atoms with Gasteiger partial charge in [0.25, 0.3) is 0 Å². The number of aromatic nitrogens is 1. The van der Waals surface area contributed by atoms with Crippen molar-refractivity contribution < 1.29 is 13.2 Å². The minimum atomic E-state index is -3.49. The Hall–Kier alpha value is -1.61. The second-order valence-corrected chi connectivity index (χ2v) is 10.3. The molecule has 0 spiro atoms.